The number of aromatic nitrogens is 3. The number of hydrogen-bond acceptors (Lipinski definition) is 6. The molecular formula is C14H18N4O2S. The Balaban J connectivity index is 1.87. The van der Waals surface area contributed by atoms with Gasteiger partial charge in [0.05, 0.1) is 36.2 Å². The smallest absolute Gasteiger partial charge is 0.251 e. The maximum atomic E-state index is 11.7. The number of rotatable bonds is 3. The van der Waals surface area contributed by atoms with Gasteiger partial charge < -0.3 is 9.72 Å². The summed E-state index contributed by atoms with van der Waals surface area (Å²) in [5.41, 5.74) is 3.60. The van der Waals surface area contributed by atoms with Gasteiger partial charge in [-0.05, 0) is 13.8 Å². The van der Waals surface area contributed by atoms with Crippen molar-refractivity contribution in [3.8, 4) is 0 Å². The third kappa shape index (κ3) is 3.20. The molecule has 3 heterocycles. The van der Waals surface area contributed by atoms with Crippen molar-refractivity contribution in [1.29, 1.82) is 0 Å². The number of nitrogens with one attached hydrogen (secondary N) is 1. The fourth-order valence-electron chi connectivity index (χ4n) is 2.54. The Hall–Kier alpha value is -1.57. The molecule has 2 aromatic heterocycles. The molecule has 7 heteroatoms. The Morgan fingerprint density at radius 2 is 2.38 bits per heavy atom. The van der Waals surface area contributed by atoms with Gasteiger partial charge in [-0.25, -0.2) is 9.97 Å². The number of aryl methyl sites for hydroxylation is 2. The van der Waals surface area contributed by atoms with Crippen LogP contribution in [0.4, 0.5) is 0 Å². The van der Waals surface area contributed by atoms with Crippen LogP contribution in [0.25, 0.3) is 0 Å². The molecule has 3 rings (SSSR count). The van der Waals surface area contributed by atoms with Gasteiger partial charge in [-0.2, -0.15) is 0 Å². The molecule has 0 aliphatic carbocycles. The van der Waals surface area contributed by atoms with Crippen LogP contribution in [-0.4, -0.2) is 39.6 Å². The number of hydrogen-bond donors (Lipinski definition) is 1. The van der Waals surface area contributed by atoms with Crippen LogP contribution in [0.3, 0.4) is 0 Å². The third-order valence-electron chi connectivity index (χ3n) is 3.65. The summed E-state index contributed by atoms with van der Waals surface area (Å²) in [6.45, 7) is 6.74. The van der Waals surface area contributed by atoms with Gasteiger partial charge in [0, 0.05) is 24.0 Å². The van der Waals surface area contributed by atoms with Crippen LogP contribution in [0.2, 0.25) is 0 Å². The van der Waals surface area contributed by atoms with Gasteiger partial charge in [0.1, 0.15) is 5.82 Å². The van der Waals surface area contributed by atoms with E-state index >= 15 is 0 Å². The first-order valence-electron chi connectivity index (χ1n) is 6.92. The quantitative estimate of drug-likeness (QED) is 0.928. The van der Waals surface area contributed by atoms with E-state index in [4.69, 9.17) is 4.74 Å². The minimum absolute atomic E-state index is 0.0150. The normalized spacial score (nSPS) is 19.8. The largest absolute Gasteiger partial charge is 0.378 e. The number of H-pyrrole nitrogens is 1. The van der Waals surface area contributed by atoms with Crippen molar-refractivity contribution < 1.29 is 4.74 Å². The first-order chi connectivity index (χ1) is 10.1. The van der Waals surface area contributed by atoms with Crippen molar-refractivity contribution in [1.82, 2.24) is 19.9 Å². The highest BCUT2D eigenvalue weighted by atomic mass is 32.1. The van der Waals surface area contributed by atoms with Crippen molar-refractivity contribution in [3.05, 3.63) is 44.0 Å². The lowest BCUT2D eigenvalue weighted by Crippen LogP contribution is -2.40. The molecule has 0 aromatic carbocycles. The molecule has 0 amide bonds. The molecule has 1 N–H and O–H groups in total. The fourth-order valence-corrected chi connectivity index (χ4v) is 3.34. The van der Waals surface area contributed by atoms with Crippen LogP contribution < -0.4 is 5.56 Å². The summed E-state index contributed by atoms with van der Waals surface area (Å²) < 4.78 is 5.59. The number of thiazole rings is 1. The van der Waals surface area contributed by atoms with E-state index < -0.39 is 0 Å². The summed E-state index contributed by atoms with van der Waals surface area (Å²) in [6.07, 6.45) is 0. The molecule has 0 radical (unpaired) electrons. The summed E-state index contributed by atoms with van der Waals surface area (Å²) in [7, 11) is 0. The molecule has 21 heavy (non-hydrogen) atoms. The van der Waals surface area contributed by atoms with Gasteiger partial charge in [-0.1, -0.05) is 0 Å². The van der Waals surface area contributed by atoms with Crippen molar-refractivity contribution in [2.45, 2.75) is 26.4 Å². The van der Waals surface area contributed by atoms with Gasteiger partial charge >= 0.3 is 0 Å². The second kappa shape index (κ2) is 6.05. The maximum Gasteiger partial charge on any atom is 0.251 e. The van der Waals surface area contributed by atoms with Gasteiger partial charge in [0.25, 0.3) is 5.56 Å². The molecule has 0 unspecified atom stereocenters. The highest BCUT2D eigenvalue weighted by Gasteiger charge is 2.27. The van der Waals surface area contributed by atoms with Crippen LogP contribution in [0, 0.1) is 13.8 Å². The van der Waals surface area contributed by atoms with E-state index in [1.54, 1.807) is 24.3 Å². The molecule has 1 fully saturated rings. The first-order valence-corrected chi connectivity index (χ1v) is 7.80. The molecule has 1 atom stereocenters. The predicted molar refractivity (Wildman–Crippen MR) is 80.4 cm³/mol. The molecule has 112 valence electrons. The second-order valence-electron chi connectivity index (χ2n) is 5.18. The summed E-state index contributed by atoms with van der Waals surface area (Å²) in [5, 5.41) is 0. The van der Waals surface area contributed by atoms with E-state index in [9.17, 15) is 4.79 Å². The zero-order valence-electron chi connectivity index (χ0n) is 12.1. The maximum absolute atomic E-state index is 11.7. The molecule has 0 saturated carbocycles. The second-order valence-corrected chi connectivity index (χ2v) is 6.12. The van der Waals surface area contributed by atoms with E-state index in [0.29, 0.717) is 19.0 Å². The van der Waals surface area contributed by atoms with Gasteiger partial charge in [0.15, 0.2) is 0 Å². The van der Waals surface area contributed by atoms with Crippen molar-refractivity contribution in [2.24, 2.45) is 0 Å². The zero-order chi connectivity index (χ0) is 14.8. The first kappa shape index (κ1) is 14.4. The van der Waals surface area contributed by atoms with Crippen LogP contribution >= 0.6 is 11.3 Å². The summed E-state index contributed by atoms with van der Waals surface area (Å²) in [4.78, 5) is 26.7. The number of morpholine rings is 1. The molecule has 2 aromatic rings. The molecular weight excluding hydrogens is 288 g/mol. The van der Waals surface area contributed by atoms with E-state index in [2.05, 4.69) is 19.9 Å². The van der Waals surface area contributed by atoms with Gasteiger partial charge in [0.2, 0.25) is 0 Å². The average Bonchev–Trinajstić information content (AvgIpc) is 2.84. The molecule has 0 spiro atoms. The number of ether oxygens (including phenoxy) is 1. The Kier molecular flexibility index (Phi) is 4.14. The topological polar surface area (TPSA) is 71.1 Å². The zero-order valence-corrected chi connectivity index (χ0v) is 12.9. The van der Waals surface area contributed by atoms with Gasteiger partial charge in [-0.15, -0.1) is 11.3 Å². The van der Waals surface area contributed by atoms with Crippen LogP contribution in [0.5, 0.6) is 0 Å². The fraction of sp³-hybridized carbons (Fsp3) is 0.500. The van der Waals surface area contributed by atoms with Crippen molar-refractivity contribution in [2.75, 3.05) is 19.8 Å². The summed E-state index contributed by atoms with van der Waals surface area (Å²) in [6, 6.07) is 1.58. The molecule has 1 aliphatic heterocycles. The number of aromatic amines is 1. The van der Waals surface area contributed by atoms with Crippen LogP contribution in [0.1, 0.15) is 28.1 Å². The van der Waals surface area contributed by atoms with Crippen molar-refractivity contribution in [3.63, 3.8) is 0 Å². The van der Waals surface area contributed by atoms with Crippen LogP contribution in [0.15, 0.2) is 16.4 Å². The average molecular weight is 306 g/mol. The Labute approximate surface area is 126 Å². The van der Waals surface area contributed by atoms with Crippen LogP contribution in [-0.2, 0) is 11.3 Å². The highest BCUT2D eigenvalue weighted by Crippen LogP contribution is 2.26. The van der Waals surface area contributed by atoms with E-state index in [1.807, 2.05) is 12.4 Å². The SMILES string of the molecule is Cc1nc([C@H]2COCCN2Cc2scnc2C)cc(=O)[nH]1. The lowest BCUT2D eigenvalue weighted by atomic mass is 10.1. The molecule has 6 nitrogen and oxygen atoms in total. The molecule has 1 aliphatic rings. The monoisotopic (exact) mass is 306 g/mol. The van der Waals surface area contributed by atoms with E-state index in [-0.39, 0.29) is 11.6 Å². The number of nitrogens with zero attached hydrogens (tertiary/aromatic N) is 3. The Bertz CT molecular complexity index is 682. The highest BCUT2D eigenvalue weighted by molar-refractivity contribution is 7.09. The minimum Gasteiger partial charge on any atom is -0.378 e. The Morgan fingerprint density at radius 3 is 3.10 bits per heavy atom. The summed E-state index contributed by atoms with van der Waals surface area (Å²) >= 11 is 1.66. The predicted octanol–water partition coefficient (Wildman–Crippen LogP) is 1.42. The van der Waals surface area contributed by atoms with Crippen molar-refractivity contribution >= 4 is 11.3 Å². The minimum atomic E-state index is -0.114. The van der Waals surface area contributed by atoms with E-state index in [0.717, 1.165) is 24.5 Å². The third-order valence-corrected chi connectivity index (χ3v) is 4.57. The lowest BCUT2D eigenvalue weighted by Gasteiger charge is -2.34. The molecule has 1 saturated heterocycles. The lowest BCUT2D eigenvalue weighted by molar-refractivity contribution is -0.0140. The summed E-state index contributed by atoms with van der Waals surface area (Å²) in [5.74, 6) is 0.636. The van der Waals surface area contributed by atoms with E-state index in [1.165, 1.54) is 4.88 Å². The van der Waals surface area contributed by atoms with Gasteiger partial charge in [-0.3, -0.25) is 9.69 Å². The Morgan fingerprint density at radius 1 is 1.52 bits per heavy atom. The standard InChI is InChI=1S/C14H18N4O2S/c1-9-13(21-8-15-9)6-18-3-4-20-7-12(18)11-5-14(19)17-10(2)16-11/h5,8,12H,3-4,6-7H2,1-2H3,(H,16,17,19)/t12-/m1/s1. The molecule has 0 bridgehead atoms.